The number of nitrogens with one attached hydrogen (secondary N) is 2. The van der Waals surface area contributed by atoms with E-state index in [-0.39, 0.29) is 45.0 Å². The van der Waals surface area contributed by atoms with Gasteiger partial charge in [0.15, 0.2) is 11.5 Å². The molecule has 1 aliphatic carbocycles. The van der Waals surface area contributed by atoms with Gasteiger partial charge in [0.1, 0.15) is 0 Å². The number of fused-ring (bicyclic) bond motifs is 2. The molecule has 0 heterocycles. The Kier molecular flexibility index (Phi) is 5.29. The number of anilines is 6. The molecule has 0 saturated heterocycles. The van der Waals surface area contributed by atoms with Crippen LogP contribution in [0.1, 0.15) is 43.0 Å². The van der Waals surface area contributed by atoms with Gasteiger partial charge in [-0.3, -0.25) is 9.59 Å². The summed E-state index contributed by atoms with van der Waals surface area (Å²) in [6.45, 7) is 3.89. The fourth-order valence-electron chi connectivity index (χ4n) is 4.34. The van der Waals surface area contributed by atoms with Gasteiger partial charge in [0.25, 0.3) is 0 Å². The van der Waals surface area contributed by atoms with E-state index >= 15 is 0 Å². The summed E-state index contributed by atoms with van der Waals surface area (Å²) in [4.78, 5) is 27.1. The minimum Gasteiger partial charge on any atom is -0.505 e. The Morgan fingerprint density at radius 3 is 1.25 bits per heavy atom. The average Bonchev–Trinajstić information content (AvgIpc) is 2.84. The van der Waals surface area contributed by atoms with Crippen LogP contribution in [0.5, 0.6) is 11.5 Å². The molecule has 0 aliphatic heterocycles. The number of phenols is 2. The van der Waals surface area contributed by atoms with Gasteiger partial charge in [-0.1, -0.05) is 35.4 Å². The van der Waals surface area contributed by atoms with Gasteiger partial charge in [-0.25, -0.2) is 0 Å². The third kappa shape index (κ3) is 3.65. The fraction of sp³-hybridized carbons (Fsp3) is 0.0714. The molecule has 0 radical (unpaired) electrons. The van der Waals surface area contributed by atoms with E-state index in [4.69, 9.17) is 11.5 Å². The topological polar surface area (TPSA) is 151 Å². The van der Waals surface area contributed by atoms with Gasteiger partial charge in [0.05, 0.1) is 33.6 Å². The van der Waals surface area contributed by atoms with E-state index in [2.05, 4.69) is 10.6 Å². The number of hydrogen-bond acceptors (Lipinski definition) is 8. The molecule has 36 heavy (non-hydrogen) atoms. The van der Waals surface area contributed by atoms with Gasteiger partial charge in [-0.15, -0.1) is 0 Å². The van der Waals surface area contributed by atoms with Gasteiger partial charge < -0.3 is 32.3 Å². The number of nitrogens with two attached hydrogens (primary N) is 2. The lowest BCUT2D eigenvalue weighted by atomic mass is 9.80. The molecule has 0 bridgehead atoms. The number of nitrogen functional groups attached to an aromatic ring is 2. The van der Waals surface area contributed by atoms with E-state index in [9.17, 15) is 19.8 Å². The van der Waals surface area contributed by atoms with Crippen molar-refractivity contribution in [3.63, 3.8) is 0 Å². The highest BCUT2D eigenvalue weighted by Crippen LogP contribution is 2.47. The lowest BCUT2D eigenvalue weighted by Crippen LogP contribution is -2.24. The molecule has 8 nitrogen and oxygen atoms in total. The zero-order chi connectivity index (χ0) is 25.7. The van der Waals surface area contributed by atoms with Crippen LogP contribution in [-0.4, -0.2) is 21.8 Å². The van der Waals surface area contributed by atoms with Crippen LogP contribution >= 0.6 is 0 Å². The van der Waals surface area contributed by atoms with E-state index in [1.165, 1.54) is 12.1 Å². The van der Waals surface area contributed by atoms with Crippen molar-refractivity contribution >= 4 is 45.7 Å². The second-order valence-corrected chi connectivity index (χ2v) is 8.86. The third-order valence-corrected chi connectivity index (χ3v) is 6.23. The summed E-state index contributed by atoms with van der Waals surface area (Å²) >= 11 is 0. The quantitative estimate of drug-likeness (QED) is 0.118. The third-order valence-electron chi connectivity index (χ3n) is 6.23. The minimum atomic E-state index is -0.703. The molecular weight excluding hydrogens is 456 g/mol. The number of hydrogen-bond donors (Lipinski definition) is 6. The number of carbonyl (C=O) groups is 2. The van der Waals surface area contributed by atoms with E-state index in [0.717, 1.165) is 11.1 Å². The number of aryl methyl sites for hydroxylation is 2. The molecule has 4 aromatic carbocycles. The lowest BCUT2D eigenvalue weighted by Gasteiger charge is -2.25. The minimum absolute atomic E-state index is 0.0173. The summed E-state index contributed by atoms with van der Waals surface area (Å²) in [7, 11) is 0. The molecule has 0 aromatic heterocycles. The van der Waals surface area contributed by atoms with Crippen LogP contribution in [0, 0.1) is 13.8 Å². The highest BCUT2D eigenvalue weighted by molar-refractivity contribution is 6.34. The van der Waals surface area contributed by atoms with Crippen molar-refractivity contribution in [2.45, 2.75) is 13.8 Å². The molecule has 0 amide bonds. The standard InChI is InChI=1S/C28H24N4O4/c1-13-3-7-15(8-4-13)31-19-11-17(29)21-23(25(19)33)27(35)22-18(30)12-20(26(34)24(22)28(21)36)32-16-9-5-14(2)6-10-16/h3-12,31-34H,29-30H2,1-2H3. The molecule has 0 saturated carbocycles. The molecule has 8 N–H and O–H groups in total. The van der Waals surface area contributed by atoms with Crippen LogP contribution in [0.25, 0.3) is 0 Å². The van der Waals surface area contributed by atoms with E-state index in [0.29, 0.717) is 11.4 Å². The second-order valence-electron chi connectivity index (χ2n) is 8.86. The normalized spacial score (nSPS) is 12.2. The summed E-state index contributed by atoms with van der Waals surface area (Å²) in [6, 6.07) is 17.6. The summed E-state index contributed by atoms with van der Waals surface area (Å²) < 4.78 is 0. The van der Waals surface area contributed by atoms with Crippen molar-refractivity contribution in [3.8, 4) is 11.5 Å². The first-order chi connectivity index (χ1) is 17.2. The first-order valence-corrected chi connectivity index (χ1v) is 11.2. The van der Waals surface area contributed by atoms with Gasteiger partial charge in [0.2, 0.25) is 11.6 Å². The first-order valence-electron chi connectivity index (χ1n) is 11.2. The number of ketones is 2. The highest BCUT2D eigenvalue weighted by atomic mass is 16.3. The van der Waals surface area contributed by atoms with E-state index in [1.54, 1.807) is 0 Å². The van der Waals surface area contributed by atoms with Crippen molar-refractivity contribution < 1.29 is 19.8 Å². The van der Waals surface area contributed by atoms with Gasteiger partial charge in [-0.2, -0.15) is 0 Å². The van der Waals surface area contributed by atoms with Crippen molar-refractivity contribution in [2.75, 3.05) is 22.1 Å². The van der Waals surface area contributed by atoms with Crippen LogP contribution in [0.2, 0.25) is 0 Å². The molecule has 0 fully saturated rings. The molecule has 180 valence electrons. The van der Waals surface area contributed by atoms with Crippen LogP contribution in [-0.2, 0) is 0 Å². The summed E-state index contributed by atoms with van der Waals surface area (Å²) in [6.07, 6.45) is 0. The zero-order valence-corrected chi connectivity index (χ0v) is 19.6. The van der Waals surface area contributed by atoms with Crippen LogP contribution in [0.4, 0.5) is 34.1 Å². The average molecular weight is 481 g/mol. The molecule has 0 unspecified atom stereocenters. The molecule has 0 spiro atoms. The van der Waals surface area contributed by atoms with E-state index in [1.807, 2.05) is 62.4 Å². The van der Waals surface area contributed by atoms with Gasteiger partial charge >= 0.3 is 0 Å². The van der Waals surface area contributed by atoms with E-state index < -0.39 is 23.1 Å². The summed E-state index contributed by atoms with van der Waals surface area (Å²) in [5.74, 6) is -2.26. The van der Waals surface area contributed by atoms with Crippen molar-refractivity contribution in [1.82, 2.24) is 0 Å². The number of benzene rings is 4. The molecular formula is C28H24N4O4. The van der Waals surface area contributed by atoms with Crippen molar-refractivity contribution in [3.05, 3.63) is 94.0 Å². The molecule has 0 atom stereocenters. The maximum atomic E-state index is 13.5. The summed E-state index contributed by atoms with van der Waals surface area (Å²) in [5.41, 5.74) is 15.3. The number of aromatic hydroxyl groups is 2. The van der Waals surface area contributed by atoms with Gasteiger partial charge in [-0.05, 0) is 50.2 Å². The second kappa shape index (κ2) is 8.35. The fourth-order valence-corrected chi connectivity index (χ4v) is 4.34. The maximum Gasteiger partial charge on any atom is 0.200 e. The Labute approximate surface area is 207 Å². The predicted molar refractivity (Wildman–Crippen MR) is 141 cm³/mol. The number of phenolic OH excluding ortho intramolecular Hbond substituents is 2. The molecule has 4 aromatic rings. The Morgan fingerprint density at radius 2 is 0.917 bits per heavy atom. The van der Waals surface area contributed by atoms with Gasteiger partial charge in [0, 0.05) is 22.7 Å². The number of rotatable bonds is 4. The van der Waals surface area contributed by atoms with Crippen molar-refractivity contribution in [1.29, 1.82) is 0 Å². The Hall–Kier alpha value is -4.98. The predicted octanol–water partition coefficient (Wildman–Crippen LogP) is 5.14. The van der Waals surface area contributed by atoms with Crippen LogP contribution in [0.3, 0.4) is 0 Å². The first kappa shape index (κ1) is 22.8. The zero-order valence-electron chi connectivity index (χ0n) is 19.6. The SMILES string of the molecule is Cc1ccc(Nc2cc(N)c3c(c2O)C(=O)c2c(N)cc(Nc4ccc(C)cc4)c(O)c2C3=O)cc1. The Morgan fingerprint density at radius 1 is 0.583 bits per heavy atom. The Balaban J connectivity index is 1.61. The largest absolute Gasteiger partial charge is 0.505 e. The number of carbonyl (C=O) groups excluding carboxylic acids is 2. The highest BCUT2D eigenvalue weighted by Gasteiger charge is 2.39. The molecule has 8 heteroatoms. The van der Waals surface area contributed by atoms with Crippen LogP contribution < -0.4 is 22.1 Å². The Bertz CT molecular complexity index is 1440. The summed E-state index contributed by atoms with van der Waals surface area (Å²) in [5, 5.41) is 28.1. The molecule has 1 aliphatic rings. The van der Waals surface area contributed by atoms with Crippen LogP contribution in [0.15, 0.2) is 60.7 Å². The molecule has 5 rings (SSSR count). The lowest BCUT2D eigenvalue weighted by molar-refractivity contribution is 0.0975. The maximum absolute atomic E-state index is 13.5. The smallest absolute Gasteiger partial charge is 0.200 e. The monoisotopic (exact) mass is 480 g/mol. The van der Waals surface area contributed by atoms with Crippen molar-refractivity contribution in [2.24, 2.45) is 0 Å².